The fourth-order valence-corrected chi connectivity index (χ4v) is 5.00. The number of halogens is 2. The monoisotopic (exact) mass is 499 g/mol. The molecule has 0 saturated carbocycles. The average molecular weight is 500 g/mol. The Balaban J connectivity index is 1.43. The van der Waals surface area contributed by atoms with Gasteiger partial charge >= 0.3 is 0 Å². The summed E-state index contributed by atoms with van der Waals surface area (Å²) in [7, 11) is -3.78. The van der Waals surface area contributed by atoms with Crippen LogP contribution in [0, 0.1) is 11.6 Å². The molecule has 1 heterocycles. The zero-order valence-electron chi connectivity index (χ0n) is 18.9. The average Bonchev–Trinajstić information content (AvgIpc) is 3.37. The number of amides is 1. The molecule has 0 bridgehead atoms. The Morgan fingerprint density at radius 3 is 2.17 bits per heavy atom. The lowest BCUT2D eigenvalue weighted by Gasteiger charge is -2.30. The van der Waals surface area contributed by atoms with E-state index >= 15 is 0 Å². The van der Waals surface area contributed by atoms with E-state index in [0.29, 0.717) is 12.2 Å². The van der Waals surface area contributed by atoms with Crippen molar-refractivity contribution in [3.63, 3.8) is 0 Å². The number of benzene rings is 3. The molecule has 1 aliphatic heterocycles. The van der Waals surface area contributed by atoms with Gasteiger partial charge in [-0.3, -0.25) is 10.2 Å². The molecule has 0 spiro atoms. The number of nitrogens with zero attached hydrogens (tertiary/aromatic N) is 2. The molecule has 182 valence electrons. The highest BCUT2D eigenvalue weighted by atomic mass is 32.2. The van der Waals surface area contributed by atoms with Crippen molar-refractivity contribution in [2.45, 2.75) is 30.3 Å². The molecular formula is C24H23F2N5O3S. The van der Waals surface area contributed by atoms with Gasteiger partial charge in [-0.2, -0.15) is 5.11 Å². The lowest BCUT2D eigenvalue weighted by Crippen LogP contribution is -2.56. The molecule has 0 saturated heterocycles. The highest BCUT2D eigenvalue weighted by molar-refractivity contribution is 7.89. The summed E-state index contributed by atoms with van der Waals surface area (Å²) in [6.45, 7) is 3.91. The molecular weight excluding hydrogens is 476 g/mol. The van der Waals surface area contributed by atoms with E-state index < -0.39 is 33.1 Å². The lowest BCUT2D eigenvalue weighted by atomic mass is 9.97. The molecule has 4 rings (SSSR count). The lowest BCUT2D eigenvalue weighted by molar-refractivity contribution is 0.102. The van der Waals surface area contributed by atoms with Crippen LogP contribution in [0.1, 0.15) is 24.2 Å². The van der Waals surface area contributed by atoms with Crippen LogP contribution in [0.15, 0.2) is 82.0 Å². The van der Waals surface area contributed by atoms with Gasteiger partial charge < -0.3 is 5.32 Å². The normalized spacial score (nSPS) is 15.6. The zero-order chi connectivity index (χ0) is 25.2. The number of carbonyl (C=O) groups excluding carboxylic acids is 1. The molecule has 0 aliphatic carbocycles. The molecule has 3 aromatic carbocycles. The second-order valence-corrected chi connectivity index (χ2v) is 10.3. The first-order valence-electron chi connectivity index (χ1n) is 10.7. The first-order valence-corrected chi connectivity index (χ1v) is 12.2. The first-order chi connectivity index (χ1) is 16.5. The van der Waals surface area contributed by atoms with Crippen molar-refractivity contribution in [2.24, 2.45) is 10.3 Å². The van der Waals surface area contributed by atoms with Gasteiger partial charge in [-0.25, -0.2) is 21.9 Å². The number of hydrogen-bond donors (Lipinski definition) is 3. The molecule has 35 heavy (non-hydrogen) atoms. The van der Waals surface area contributed by atoms with Crippen LogP contribution in [0.5, 0.6) is 0 Å². The Bertz CT molecular complexity index is 1370. The van der Waals surface area contributed by atoms with E-state index in [1.54, 1.807) is 50.2 Å². The quantitative estimate of drug-likeness (QED) is 0.450. The minimum absolute atomic E-state index is 0.00550. The van der Waals surface area contributed by atoms with Crippen molar-refractivity contribution < 1.29 is 22.0 Å². The standard InChI is InChI=1S/C24H23F2N5O3S/c1-24(2,22-14-27-31-29-22)30-35(33,34)19-10-5-16(6-11-19)15-3-8-18(9-4-15)28-23(32)17-7-12-20(25)21(26)13-17/h3-13,22,30H,14H2,1-2H3,(H,27,29)(H,28,32). The third-order valence-corrected chi connectivity index (χ3v) is 7.33. The molecule has 1 unspecified atom stereocenters. The van der Waals surface area contributed by atoms with Gasteiger partial charge in [0.05, 0.1) is 23.0 Å². The van der Waals surface area contributed by atoms with Crippen molar-refractivity contribution in [3.8, 4) is 11.1 Å². The maximum Gasteiger partial charge on any atom is 0.255 e. The molecule has 1 aliphatic rings. The largest absolute Gasteiger partial charge is 0.322 e. The Morgan fingerprint density at radius 1 is 0.971 bits per heavy atom. The smallest absolute Gasteiger partial charge is 0.255 e. The molecule has 0 fully saturated rings. The third kappa shape index (κ3) is 5.52. The molecule has 1 atom stereocenters. The molecule has 0 radical (unpaired) electrons. The summed E-state index contributed by atoms with van der Waals surface area (Å²) in [5.74, 6) is -2.70. The van der Waals surface area contributed by atoms with Crippen LogP contribution < -0.4 is 15.5 Å². The number of sulfonamides is 1. The number of rotatable bonds is 7. The Morgan fingerprint density at radius 2 is 1.60 bits per heavy atom. The van der Waals surface area contributed by atoms with Crippen LogP contribution in [0.25, 0.3) is 11.1 Å². The Labute approximate surface area is 201 Å². The van der Waals surface area contributed by atoms with Gasteiger partial charge in [0.25, 0.3) is 5.91 Å². The minimum atomic E-state index is -3.78. The van der Waals surface area contributed by atoms with E-state index in [0.717, 1.165) is 23.3 Å². The van der Waals surface area contributed by atoms with E-state index in [-0.39, 0.29) is 16.5 Å². The van der Waals surface area contributed by atoms with Crippen LogP contribution in [-0.2, 0) is 10.0 Å². The second kappa shape index (κ2) is 9.51. The highest BCUT2D eigenvalue weighted by Crippen LogP contribution is 2.25. The first kappa shape index (κ1) is 24.4. The minimum Gasteiger partial charge on any atom is -0.322 e. The second-order valence-electron chi connectivity index (χ2n) is 8.62. The van der Waals surface area contributed by atoms with Crippen molar-refractivity contribution in [2.75, 3.05) is 11.9 Å². The summed E-state index contributed by atoms with van der Waals surface area (Å²) in [6, 6.07) is 15.9. The summed E-state index contributed by atoms with van der Waals surface area (Å²) in [4.78, 5) is 12.4. The van der Waals surface area contributed by atoms with E-state index in [1.165, 1.54) is 18.2 Å². The Hall–Kier alpha value is -3.70. The SMILES string of the molecule is CC(C)(NS(=O)(=O)c1ccc(-c2ccc(NC(=O)c3ccc(F)c(F)c3)cc2)cc1)C1CN=NN1. The summed E-state index contributed by atoms with van der Waals surface area (Å²) in [5.41, 5.74) is 4.03. The molecule has 3 N–H and O–H groups in total. The predicted molar refractivity (Wildman–Crippen MR) is 127 cm³/mol. The van der Waals surface area contributed by atoms with E-state index in [1.807, 2.05) is 0 Å². The van der Waals surface area contributed by atoms with Crippen molar-refractivity contribution in [1.29, 1.82) is 0 Å². The number of nitrogens with one attached hydrogen (secondary N) is 3. The molecule has 8 nitrogen and oxygen atoms in total. The maximum atomic E-state index is 13.4. The van der Waals surface area contributed by atoms with Crippen LogP contribution >= 0.6 is 0 Å². The van der Waals surface area contributed by atoms with E-state index in [4.69, 9.17) is 0 Å². The fourth-order valence-electron chi connectivity index (χ4n) is 3.55. The number of hydrogen-bond acceptors (Lipinski definition) is 6. The van der Waals surface area contributed by atoms with Gasteiger partial charge in [0.1, 0.15) is 0 Å². The van der Waals surface area contributed by atoms with Crippen molar-refractivity contribution >= 4 is 21.6 Å². The number of carbonyl (C=O) groups is 1. The van der Waals surface area contributed by atoms with E-state index in [2.05, 4.69) is 25.8 Å². The summed E-state index contributed by atoms with van der Waals surface area (Å²) < 4.78 is 54.9. The molecule has 0 aromatic heterocycles. The van der Waals surface area contributed by atoms with Crippen molar-refractivity contribution in [3.05, 3.63) is 83.9 Å². The van der Waals surface area contributed by atoms with Crippen LogP contribution in [0.3, 0.4) is 0 Å². The molecule has 11 heteroatoms. The molecule has 3 aromatic rings. The van der Waals surface area contributed by atoms with Gasteiger partial charge in [-0.15, -0.1) is 0 Å². The zero-order valence-corrected chi connectivity index (χ0v) is 19.7. The Kier molecular flexibility index (Phi) is 6.64. The maximum absolute atomic E-state index is 13.4. The van der Waals surface area contributed by atoms with Gasteiger partial charge in [-0.05, 0) is 67.4 Å². The highest BCUT2D eigenvalue weighted by Gasteiger charge is 2.36. The summed E-state index contributed by atoms with van der Waals surface area (Å²) in [6.07, 6.45) is 0. The van der Waals surface area contributed by atoms with Crippen LogP contribution in [0.2, 0.25) is 0 Å². The predicted octanol–water partition coefficient (Wildman–Crippen LogP) is 4.28. The summed E-state index contributed by atoms with van der Waals surface area (Å²) in [5, 5.41) is 10.2. The van der Waals surface area contributed by atoms with Gasteiger partial charge in [0.15, 0.2) is 11.6 Å². The van der Waals surface area contributed by atoms with Crippen LogP contribution in [0.4, 0.5) is 14.5 Å². The van der Waals surface area contributed by atoms with Gasteiger partial charge in [0, 0.05) is 11.3 Å². The topological polar surface area (TPSA) is 112 Å². The molecule has 1 amide bonds. The number of anilines is 1. The van der Waals surface area contributed by atoms with E-state index in [9.17, 15) is 22.0 Å². The third-order valence-electron chi connectivity index (χ3n) is 5.64. The van der Waals surface area contributed by atoms with Gasteiger partial charge in [0.2, 0.25) is 10.0 Å². The summed E-state index contributed by atoms with van der Waals surface area (Å²) >= 11 is 0. The van der Waals surface area contributed by atoms with Gasteiger partial charge in [-0.1, -0.05) is 29.5 Å². The van der Waals surface area contributed by atoms with Crippen LogP contribution in [-0.4, -0.2) is 32.5 Å². The van der Waals surface area contributed by atoms with Crippen molar-refractivity contribution in [1.82, 2.24) is 10.1 Å². The fraction of sp³-hybridized carbons (Fsp3) is 0.208.